The second kappa shape index (κ2) is 39.9. The number of aliphatic hydroxyl groups is 12. The number of nitrogens with one attached hydrogen (secondary N) is 3. The minimum atomic E-state index is -2.07. The molecule has 3 heterocycles. The second-order valence-electron chi connectivity index (χ2n) is 23.0. The van der Waals surface area contributed by atoms with Crippen LogP contribution in [0.5, 0.6) is 0 Å². The lowest BCUT2D eigenvalue weighted by atomic mass is 9.99. The van der Waals surface area contributed by atoms with Crippen LogP contribution in [-0.2, 0) is 85.8 Å². The number of esters is 3. The summed E-state index contributed by atoms with van der Waals surface area (Å²) in [5, 5.41) is 134. The summed E-state index contributed by atoms with van der Waals surface area (Å²) in [4.78, 5) is 130. The van der Waals surface area contributed by atoms with E-state index in [4.69, 9.17) is 33.2 Å². The number of ether oxygens (including phenoxy) is 9. The highest BCUT2D eigenvalue weighted by Gasteiger charge is 2.49. The minimum Gasteiger partial charge on any atom is -0.468 e. The molecule has 3 aliphatic rings. The highest BCUT2D eigenvalue weighted by Crippen LogP contribution is 2.32. The van der Waals surface area contributed by atoms with Crippen LogP contribution in [0.15, 0.2) is 91.0 Å². The van der Waals surface area contributed by atoms with Crippen LogP contribution in [0.25, 0.3) is 0 Å². The van der Waals surface area contributed by atoms with E-state index in [1.54, 1.807) is 18.2 Å². The minimum absolute atomic E-state index is 0.0392. The molecule has 6 rings (SSSR count). The van der Waals surface area contributed by atoms with Gasteiger partial charge in [0.05, 0.1) is 54.2 Å². The second-order valence-corrected chi connectivity index (χ2v) is 23.0. The number of benzene rings is 3. The first-order chi connectivity index (χ1) is 47.8. The summed E-state index contributed by atoms with van der Waals surface area (Å²) >= 11 is 0. The maximum absolute atomic E-state index is 15.4. The molecule has 3 aromatic rings. The maximum atomic E-state index is 15.4. The molecule has 0 spiro atoms. The Balaban J connectivity index is 1.49. The summed E-state index contributed by atoms with van der Waals surface area (Å²) in [6.07, 6.45) is -32.0. The van der Waals surface area contributed by atoms with Gasteiger partial charge in [-0.05, 0) is 16.7 Å². The summed E-state index contributed by atoms with van der Waals surface area (Å²) in [7, 11) is 3.12. The predicted octanol–water partition coefficient (Wildman–Crippen LogP) is -8.68. The van der Waals surface area contributed by atoms with Crippen molar-refractivity contribution < 1.29 is 147 Å². The van der Waals surface area contributed by atoms with Crippen LogP contribution in [0.4, 0.5) is 0 Å². The van der Waals surface area contributed by atoms with E-state index in [1.807, 2.05) is 0 Å². The molecule has 18 atom stereocenters. The van der Waals surface area contributed by atoms with Gasteiger partial charge in [0, 0.05) is 39.3 Å². The molecule has 37 heteroatoms. The van der Waals surface area contributed by atoms with Gasteiger partial charge in [0.15, 0.2) is 31.1 Å². The quantitative estimate of drug-likeness (QED) is 0.0190. The number of rotatable bonds is 36. The number of nitrogens with zero attached hydrogens (tertiary/aromatic N) is 4. The first kappa shape index (κ1) is 81.1. The monoisotopic (exact) mass is 1420 g/mol. The number of aliphatic hydroxyl groups excluding tert-OH is 12. The van der Waals surface area contributed by atoms with Gasteiger partial charge in [-0.25, -0.2) is 0 Å². The summed E-state index contributed by atoms with van der Waals surface area (Å²) in [6.45, 7) is -11.2. The predicted molar refractivity (Wildman–Crippen MR) is 333 cm³/mol. The van der Waals surface area contributed by atoms with Gasteiger partial charge in [-0.1, -0.05) is 91.0 Å². The zero-order valence-corrected chi connectivity index (χ0v) is 54.7. The number of carbonyl (C=O) groups is 9. The van der Waals surface area contributed by atoms with Gasteiger partial charge in [0.25, 0.3) is 11.8 Å². The molecular weight excluding hydrogens is 1330 g/mol. The first-order valence-corrected chi connectivity index (χ1v) is 31.4. The molecular formula is C63H87N7O30. The standard InChI is InChI=1S/C63H87N7O30/c1-92-43(77)25-64-40(74)28-68(59(90)56(35-15-9-5-10-16-35)99-62-54(87)51(84)48(81)38(31-72)97-62)22-19-67(20-23-69(29-41(75)65-26-44(78)93-2)60(91)57(36-17-11-6-12-18-36)100-63-55(88)52(85)49(82)39(32-73)98-63)21-24-70(42(76)33-95-61-53(86)50(83)47(80)37(30-71)96-61)46(34-13-7-4-8-14-34)58(89)66-27-45(79)94-3/h4-18,37-39,46-57,61-63,71-73,80-88H,19-33H2,1-3H3,(H,64,74)(H,65,75)(H,66,89)/t37-,38-,39-,46?,47-,48-,49-,50+,51+,52+,53+,54+,55+,56?,57?,61+,62-,63-/m1/s1. The Morgan fingerprint density at radius 3 is 1.14 bits per heavy atom. The molecule has 3 saturated heterocycles. The summed E-state index contributed by atoms with van der Waals surface area (Å²) < 4.78 is 48.8. The third-order valence-corrected chi connectivity index (χ3v) is 16.4. The fourth-order valence-corrected chi connectivity index (χ4v) is 10.6. The highest BCUT2D eigenvalue weighted by molar-refractivity contribution is 5.92. The molecule has 3 aromatic carbocycles. The van der Waals surface area contributed by atoms with E-state index < -0.39 is 262 Å². The average Bonchev–Trinajstić information content (AvgIpc) is 0.812. The van der Waals surface area contributed by atoms with Crippen molar-refractivity contribution in [1.82, 2.24) is 35.6 Å². The molecule has 0 saturated carbocycles. The van der Waals surface area contributed by atoms with Gasteiger partial charge in [0.1, 0.15) is 106 Å². The van der Waals surface area contributed by atoms with Crippen LogP contribution < -0.4 is 16.0 Å². The smallest absolute Gasteiger partial charge is 0.325 e. The van der Waals surface area contributed by atoms with Gasteiger partial charge in [-0.15, -0.1) is 0 Å². The van der Waals surface area contributed by atoms with Crippen molar-refractivity contribution in [1.29, 1.82) is 0 Å². The highest BCUT2D eigenvalue weighted by atomic mass is 16.7. The van der Waals surface area contributed by atoms with E-state index in [9.17, 15) is 90.0 Å². The lowest BCUT2D eigenvalue weighted by molar-refractivity contribution is -0.310. The molecule has 3 fully saturated rings. The van der Waals surface area contributed by atoms with Crippen molar-refractivity contribution in [3.8, 4) is 0 Å². The number of carbonyl (C=O) groups excluding carboxylic acids is 9. The van der Waals surface area contributed by atoms with Crippen molar-refractivity contribution in [3.63, 3.8) is 0 Å². The van der Waals surface area contributed by atoms with Crippen LogP contribution in [0.2, 0.25) is 0 Å². The fourth-order valence-electron chi connectivity index (χ4n) is 10.6. The molecule has 0 radical (unpaired) electrons. The van der Waals surface area contributed by atoms with Crippen LogP contribution >= 0.6 is 0 Å². The molecule has 100 heavy (non-hydrogen) atoms. The van der Waals surface area contributed by atoms with Gasteiger partial charge in [0.2, 0.25) is 23.6 Å². The first-order valence-electron chi connectivity index (χ1n) is 31.4. The molecule has 0 aliphatic carbocycles. The summed E-state index contributed by atoms with van der Waals surface area (Å²) in [6, 6.07) is 20.4. The van der Waals surface area contributed by atoms with Crippen molar-refractivity contribution >= 4 is 53.4 Å². The molecule has 554 valence electrons. The Kier molecular flexibility index (Phi) is 32.4. The molecule has 37 nitrogen and oxygen atoms in total. The molecule has 3 unspecified atom stereocenters. The van der Waals surface area contributed by atoms with Crippen LogP contribution in [0.3, 0.4) is 0 Å². The number of amides is 6. The van der Waals surface area contributed by atoms with Gasteiger partial charge in [-0.3, -0.25) is 48.1 Å². The van der Waals surface area contributed by atoms with E-state index in [0.717, 1.165) is 36.0 Å². The van der Waals surface area contributed by atoms with Crippen molar-refractivity contribution in [2.75, 3.05) is 120 Å². The summed E-state index contributed by atoms with van der Waals surface area (Å²) in [5.41, 5.74) is 0.175. The number of methoxy groups -OCH3 is 3. The van der Waals surface area contributed by atoms with Crippen LogP contribution in [0.1, 0.15) is 34.9 Å². The van der Waals surface area contributed by atoms with Gasteiger partial charge in [-0.2, -0.15) is 0 Å². The Bertz CT molecular complexity index is 2970. The molecule has 15 N–H and O–H groups in total. The Morgan fingerprint density at radius 1 is 0.430 bits per heavy atom. The van der Waals surface area contributed by atoms with Crippen LogP contribution in [0, 0.1) is 0 Å². The zero-order valence-electron chi connectivity index (χ0n) is 54.7. The van der Waals surface area contributed by atoms with Crippen molar-refractivity contribution in [2.45, 2.75) is 110 Å². The number of hydrogen-bond donors (Lipinski definition) is 15. The summed E-state index contributed by atoms with van der Waals surface area (Å²) in [5.74, 6) is -9.04. The van der Waals surface area contributed by atoms with Gasteiger partial charge < -0.3 is 135 Å². The van der Waals surface area contributed by atoms with E-state index in [-0.39, 0.29) is 16.7 Å². The van der Waals surface area contributed by atoms with Gasteiger partial charge >= 0.3 is 17.9 Å². The van der Waals surface area contributed by atoms with E-state index >= 15 is 14.4 Å². The molecule has 6 amide bonds. The molecule has 0 bridgehead atoms. The van der Waals surface area contributed by atoms with Crippen molar-refractivity contribution in [3.05, 3.63) is 108 Å². The Hall–Kier alpha value is -7.87. The van der Waals surface area contributed by atoms with Crippen LogP contribution in [-0.4, -0.2) is 346 Å². The van der Waals surface area contributed by atoms with Crippen molar-refractivity contribution in [2.24, 2.45) is 0 Å². The maximum Gasteiger partial charge on any atom is 0.325 e. The largest absolute Gasteiger partial charge is 0.468 e. The third kappa shape index (κ3) is 22.3. The fraction of sp³-hybridized carbons (Fsp3) is 0.571. The molecule has 3 aliphatic heterocycles. The molecule has 0 aromatic heterocycles. The lowest BCUT2D eigenvalue weighted by Crippen LogP contribution is -2.60. The Morgan fingerprint density at radius 2 is 0.770 bits per heavy atom. The lowest BCUT2D eigenvalue weighted by Gasteiger charge is -2.41. The Labute approximate surface area is 572 Å². The van der Waals surface area contributed by atoms with E-state index in [0.29, 0.717) is 0 Å². The number of hydrogen-bond acceptors (Lipinski definition) is 31. The normalized spacial score (nSPS) is 26.0. The topological polar surface area (TPSA) is 529 Å². The van der Waals surface area contributed by atoms with E-state index in [2.05, 4.69) is 25.4 Å². The SMILES string of the molecule is COC(=O)CNC(=O)CN(CCN(CCN(CC(=O)NCC(=O)OC)C(=O)C(O[C@H]1O[C@H](CO)[C@@H](O)[C@H](O)[C@@H]1O)c1ccccc1)CCN(C(=O)CO[C@H]1O[C@H](CO)[C@@H](O)[C@H](O)[C@@H]1O)C(C(=O)NCC(=O)OC)c1ccccc1)C(=O)C(O[C@H]1O[C@H](CO)[C@@H](O)[C@H](O)[C@@H]1O)c1ccccc1. The third-order valence-electron chi connectivity index (χ3n) is 16.4. The average molecular weight is 1420 g/mol. The van der Waals surface area contributed by atoms with E-state index in [1.165, 1.54) is 77.7 Å². The zero-order chi connectivity index (χ0) is 73.3.